The molecule has 0 bridgehead atoms. The van der Waals surface area contributed by atoms with E-state index in [0.29, 0.717) is 5.56 Å². The number of hydrogen-bond acceptors (Lipinski definition) is 8. The third kappa shape index (κ3) is 9.26. The maximum absolute atomic E-state index is 13.4. The zero-order valence-electron chi connectivity index (χ0n) is 23.5. The molecular weight excluding hydrogens is 532 g/mol. The third-order valence-corrected chi connectivity index (χ3v) is 6.22. The first-order valence-corrected chi connectivity index (χ1v) is 13.5. The van der Waals surface area contributed by atoms with E-state index in [4.69, 9.17) is 4.74 Å². The molecule has 2 aromatic rings. The van der Waals surface area contributed by atoms with Crippen molar-refractivity contribution in [3.63, 3.8) is 0 Å². The van der Waals surface area contributed by atoms with Gasteiger partial charge in [0.05, 0.1) is 6.61 Å². The number of carboxylic acids is 1. The fourth-order valence-corrected chi connectivity index (χ4v) is 4.21. The van der Waals surface area contributed by atoms with Crippen LogP contribution >= 0.6 is 0 Å². The fraction of sp³-hybridized carbons (Fsp3) is 0.464. The second-order valence-electron chi connectivity index (χ2n) is 9.94. The molecular formula is C28H36N6O7. The number of aliphatic carboxylic acids is 1. The van der Waals surface area contributed by atoms with Crippen LogP contribution in [-0.2, 0) is 19.1 Å². The van der Waals surface area contributed by atoms with E-state index >= 15 is 0 Å². The van der Waals surface area contributed by atoms with Crippen LogP contribution in [0.25, 0.3) is 11.4 Å². The van der Waals surface area contributed by atoms with Crippen molar-refractivity contribution in [2.45, 2.75) is 46.1 Å². The van der Waals surface area contributed by atoms with Crippen molar-refractivity contribution in [2.75, 3.05) is 38.1 Å². The minimum Gasteiger partial charge on any atom is -0.481 e. The number of amides is 4. The van der Waals surface area contributed by atoms with Gasteiger partial charge in [0.2, 0.25) is 11.8 Å². The first kappa shape index (κ1) is 31.0. The molecule has 1 fully saturated rings. The van der Waals surface area contributed by atoms with Gasteiger partial charge in [0.1, 0.15) is 17.6 Å². The van der Waals surface area contributed by atoms with Gasteiger partial charge in [-0.3, -0.25) is 19.2 Å². The molecule has 1 aromatic heterocycles. The van der Waals surface area contributed by atoms with Gasteiger partial charge in [-0.1, -0.05) is 44.2 Å². The summed E-state index contributed by atoms with van der Waals surface area (Å²) in [7, 11) is 0. The molecule has 0 aliphatic carbocycles. The quantitative estimate of drug-likeness (QED) is 0.368. The smallest absolute Gasteiger partial charge is 0.409 e. The SMILES string of the molecule is CCOC(=O)N1CCN(C(=O)C(CCC(=O)O)NC(=O)c2cc(NC(=O)CC(C)C)nc(-c3ccccc3)n2)CC1. The fourth-order valence-electron chi connectivity index (χ4n) is 4.21. The molecule has 0 spiro atoms. The number of carbonyl (C=O) groups is 5. The normalized spacial score (nSPS) is 13.9. The Hall–Kier alpha value is -4.55. The standard InChI is InChI=1S/C28H36N6O7/c1-4-41-28(40)34-14-12-33(13-15-34)27(39)20(10-11-24(36)37)30-26(38)21-17-22(31-23(35)16-18(2)3)32-25(29-21)19-8-6-5-7-9-19/h5-9,17-18,20H,4,10-16H2,1-3H3,(H,30,38)(H,36,37)(H,29,31,32,35). The lowest BCUT2D eigenvalue weighted by molar-refractivity contribution is -0.138. The predicted octanol–water partition coefficient (Wildman–Crippen LogP) is 2.39. The summed E-state index contributed by atoms with van der Waals surface area (Å²) in [5.41, 5.74) is 0.512. The number of hydrogen-bond donors (Lipinski definition) is 3. The van der Waals surface area contributed by atoms with Gasteiger partial charge in [-0.15, -0.1) is 0 Å². The molecule has 13 nitrogen and oxygen atoms in total. The number of benzene rings is 1. The molecule has 0 saturated carbocycles. The van der Waals surface area contributed by atoms with Crippen molar-refractivity contribution in [1.82, 2.24) is 25.1 Å². The number of nitrogens with zero attached hydrogens (tertiary/aromatic N) is 4. The van der Waals surface area contributed by atoms with Crippen molar-refractivity contribution in [3.8, 4) is 11.4 Å². The lowest BCUT2D eigenvalue weighted by Crippen LogP contribution is -2.56. The first-order valence-electron chi connectivity index (χ1n) is 13.5. The van der Waals surface area contributed by atoms with Crippen LogP contribution in [0.5, 0.6) is 0 Å². The summed E-state index contributed by atoms with van der Waals surface area (Å²) in [4.78, 5) is 74.2. The van der Waals surface area contributed by atoms with Gasteiger partial charge in [-0.2, -0.15) is 0 Å². The molecule has 1 aromatic carbocycles. The average molecular weight is 569 g/mol. The maximum atomic E-state index is 13.4. The molecule has 1 atom stereocenters. The van der Waals surface area contributed by atoms with Crippen molar-refractivity contribution < 1.29 is 33.8 Å². The molecule has 3 N–H and O–H groups in total. The molecule has 1 aliphatic rings. The molecule has 0 radical (unpaired) electrons. The number of carbonyl (C=O) groups excluding carboxylic acids is 4. The first-order chi connectivity index (χ1) is 19.6. The Morgan fingerprint density at radius 1 is 1.00 bits per heavy atom. The zero-order valence-corrected chi connectivity index (χ0v) is 23.5. The minimum atomic E-state index is -1.15. The van der Waals surface area contributed by atoms with E-state index in [9.17, 15) is 29.1 Å². The van der Waals surface area contributed by atoms with Gasteiger partial charge in [0.15, 0.2) is 5.82 Å². The number of rotatable bonds is 11. The maximum Gasteiger partial charge on any atom is 0.409 e. The largest absolute Gasteiger partial charge is 0.481 e. The van der Waals surface area contributed by atoms with Crippen LogP contribution in [-0.4, -0.2) is 93.5 Å². The number of aromatic nitrogens is 2. The van der Waals surface area contributed by atoms with Crippen LogP contribution in [0.3, 0.4) is 0 Å². The molecule has 1 unspecified atom stereocenters. The molecule has 220 valence electrons. The van der Waals surface area contributed by atoms with E-state index < -0.39 is 29.9 Å². The van der Waals surface area contributed by atoms with Crippen LogP contribution in [0.15, 0.2) is 36.4 Å². The van der Waals surface area contributed by atoms with Crippen molar-refractivity contribution >= 4 is 35.6 Å². The summed E-state index contributed by atoms with van der Waals surface area (Å²) >= 11 is 0. The Kier molecular flexibility index (Phi) is 11.1. The Labute approximate surface area is 238 Å². The molecule has 13 heteroatoms. The van der Waals surface area contributed by atoms with Crippen LogP contribution in [0.2, 0.25) is 0 Å². The Morgan fingerprint density at radius 2 is 1.66 bits per heavy atom. The predicted molar refractivity (Wildman–Crippen MR) is 149 cm³/mol. The highest BCUT2D eigenvalue weighted by atomic mass is 16.6. The Bertz CT molecular complexity index is 1250. The van der Waals surface area contributed by atoms with Crippen molar-refractivity contribution in [3.05, 3.63) is 42.1 Å². The van der Waals surface area contributed by atoms with E-state index in [1.54, 1.807) is 31.2 Å². The van der Waals surface area contributed by atoms with Gasteiger partial charge >= 0.3 is 12.1 Å². The summed E-state index contributed by atoms with van der Waals surface area (Å²) in [5.74, 6) is -2.16. The summed E-state index contributed by atoms with van der Waals surface area (Å²) in [6, 6.07) is 9.06. The molecule has 4 amide bonds. The monoisotopic (exact) mass is 568 g/mol. The van der Waals surface area contributed by atoms with E-state index in [0.717, 1.165) is 0 Å². The minimum absolute atomic E-state index is 0.0982. The van der Waals surface area contributed by atoms with Crippen LogP contribution in [0.1, 0.15) is 50.5 Å². The number of piperazine rings is 1. The summed E-state index contributed by atoms with van der Waals surface area (Å²) in [6.07, 6.45) is -0.715. The molecule has 3 rings (SSSR count). The van der Waals surface area contributed by atoms with Crippen LogP contribution in [0, 0.1) is 5.92 Å². The lowest BCUT2D eigenvalue weighted by atomic mass is 10.1. The highest BCUT2D eigenvalue weighted by molar-refractivity contribution is 5.98. The van der Waals surface area contributed by atoms with E-state index in [1.807, 2.05) is 19.9 Å². The second kappa shape index (κ2) is 14.7. The third-order valence-electron chi connectivity index (χ3n) is 6.22. The number of ether oxygens (including phenoxy) is 1. The molecule has 1 saturated heterocycles. The summed E-state index contributed by atoms with van der Waals surface area (Å²) in [5, 5.41) is 14.6. The molecule has 41 heavy (non-hydrogen) atoms. The van der Waals surface area contributed by atoms with Crippen molar-refractivity contribution in [2.24, 2.45) is 5.92 Å². The van der Waals surface area contributed by atoms with E-state index in [2.05, 4.69) is 20.6 Å². The van der Waals surface area contributed by atoms with Gasteiger partial charge in [0.25, 0.3) is 5.91 Å². The Morgan fingerprint density at radius 3 is 2.27 bits per heavy atom. The Balaban J connectivity index is 1.82. The van der Waals surface area contributed by atoms with E-state index in [1.165, 1.54) is 15.9 Å². The topological polar surface area (TPSA) is 171 Å². The van der Waals surface area contributed by atoms with Gasteiger partial charge in [-0.25, -0.2) is 14.8 Å². The van der Waals surface area contributed by atoms with E-state index in [-0.39, 0.29) is 81.2 Å². The number of nitrogens with one attached hydrogen (secondary N) is 2. The lowest BCUT2D eigenvalue weighted by Gasteiger charge is -2.35. The molecule has 2 heterocycles. The van der Waals surface area contributed by atoms with Gasteiger partial charge in [0, 0.05) is 50.7 Å². The van der Waals surface area contributed by atoms with Crippen molar-refractivity contribution in [1.29, 1.82) is 0 Å². The number of anilines is 1. The average Bonchev–Trinajstić information content (AvgIpc) is 2.94. The van der Waals surface area contributed by atoms with Gasteiger partial charge in [-0.05, 0) is 19.3 Å². The second-order valence-corrected chi connectivity index (χ2v) is 9.94. The van der Waals surface area contributed by atoms with Crippen LogP contribution < -0.4 is 10.6 Å². The summed E-state index contributed by atoms with van der Waals surface area (Å²) in [6.45, 7) is 6.64. The molecule has 1 aliphatic heterocycles. The highest BCUT2D eigenvalue weighted by Crippen LogP contribution is 2.19. The van der Waals surface area contributed by atoms with Gasteiger partial charge < -0.3 is 30.3 Å². The summed E-state index contributed by atoms with van der Waals surface area (Å²) < 4.78 is 5.01. The highest BCUT2D eigenvalue weighted by Gasteiger charge is 2.31. The number of carboxylic acid groups (broad SMARTS) is 1. The zero-order chi connectivity index (χ0) is 29.9. The van der Waals surface area contributed by atoms with Crippen LogP contribution in [0.4, 0.5) is 10.6 Å².